The standard InChI is InChI=1S/C20H19BrN4O/c1-20(12-26)8-6-17-14(20)10-13(11-23-17)16-7-9-22-19(24-16)25-18-5-3-2-4-15(18)21/h2-5,7,9-11,26H,6,8,12H2,1H3,(H,22,24,25). The van der Waals surface area contributed by atoms with Crippen molar-refractivity contribution in [2.45, 2.75) is 25.2 Å². The van der Waals surface area contributed by atoms with Crippen LogP contribution in [0.15, 0.2) is 53.3 Å². The molecule has 0 amide bonds. The van der Waals surface area contributed by atoms with E-state index in [1.54, 1.807) is 6.20 Å². The lowest BCUT2D eigenvalue weighted by atomic mass is 9.85. The van der Waals surface area contributed by atoms with Crippen molar-refractivity contribution in [3.63, 3.8) is 0 Å². The van der Waals surface area contributed by atoms with Crippen molar-refractivity contribution in [3.8, 4) is 11.3 Å². The van der Waals surface area contributed by atoms with Crippen molar-refractivity contribution in [1.82, 2.24) is 15.0 Å². The van der Waals surface area contributed by atoms with Crippen molar-refractivity contribution in [2.24, 2.45) is 0 Å². The number of halogens is 1. The number of aryl methyl sites for hydroxylation is 1. The Morgan fingerprint density at radius 3 is 2.88 bits per heavy atom. The summed E-state index contributed by atoms with van der Waals surface area (Å²) >= 11 is 3.52. The Bertz CT molecular complexity index is 962. The third kappa shape index (κ3) is 3.10. The van der Waals surface area contributed by atoms with Gasteiger partial charge in [-0.15, -0.1) is 0 Å². The Labute approximate surface area is 160 Å². The maximum absolute atomic E-state index is 9.80. The number of hydrogen-bond donors (Lipinski definition) is 2. The topological polar surface area (TPSA) is 70.9 Å². The molecule has 0 radical (unpaired) electrons. The van der Waals surface area contributed by atoms with Crippen LogP contribution in [-0.4, -0.2) is 26.7 Å². The molecule has 0 saturated heterocycles. The number of aliphatic hydroxyl groups is 1. The fourth-order valence-electron chi connectivity index (χ4n) is 3.31. The van der Waals surface area contributed by atoms with Crippen LogP contribution < -0.4 is 5.32 Å². The number of nitrogens with zero attached hydrogens (tertiary/aromatic N) is 3. The minimum Gasteiger partial charge on any atom is -0.395 e. The van der Waals surface area contributed by atoms with Gasteiger partial charge < -0.3 is 10.4 Å². The van der Waals surface area contributed by atoms with E-state index in [0.29, 0.717) is 5.95 Å². The van der Waals surface area contributed by atoms with Crippen molar-refractivity contribution in [1.29, 1.82) is 0 Å². The van der Waals surface area contributed by atoms with Crippen molar-refractivity contribution < 1.29 is 5.11 Å². The molecular formula is C20H19BrN4O. The Morgan fingerprint density at radius 1 is 1.23 bits per heavy atom. The van der Waals surface area contributed by atoms with E-state index in [1.165, 1.54) is 0 Å². The quantitative estimate of drug-likeness (QED) is 0.672. The predicted octanol–water partition coefficient (Wildman–Crippen LogP) is 4.24. The predicted molar refractivity (Wildman–Crippen MR) is 105 cm³/mol. The maximum atomic E-state index is 9.80. The van der Waals surface area contributed by atoms with Crippen molar-refractivity contribution in [2.75, 3.05) is 11.9 Å². The molecule has 3 aromatic rings. The average Bonchev–Trinajstić information content (AvgIpc) is 3.01. The SMILES string of the molecule is CC1(CO)CCc2ncc(-c3ccnc(Nc4ccccc4Br)n3)cc21. The lowest BCUT2D eigenvalue weighted by molar-refractivity contribution is 0.206. The highest BCUT2D eigenvalue weighted by Crippen LogP contribution is 2.39. The lowest BCUT2D eigenvalue weighted by Gasteiger charge is -2.22. The lowest BCUT2D eigenvalue weighted by Crippen LogP contribution is -2.23. The number of anilines is 2. The van der Waals surface area contributed by atoms with Gasteiger partial charge in [-0.3, -0.25) is 4.98 Å². The second kappa shape index (κ2) is 6.78. The van der Waals surface area contributed by atoms with Crippen LogP contribution in [0.4, 0.5) is 11.6 Å². The van der Waals surface area contributed by atoms with Crippen LogP contribution in [-0.2, 0) is 11.8 Å². The zero-order valence-corrected chi connectivity index (χ0v) is 16.0. The van der Waals surface area contributed by atoms with Gasteiger partial charge in [-0.2, -0.15) is 0 Å². The summed E-state index contributed by atoms with van der Waals surface area (Å²) in [5, 5.41) is 13.0. The number of para-hydroxylation sites is 1. The van der Waals surface area contributed by atoms with Gasteiger partial charge in [-0.25, -0.2) is 9.97 Å². The zero-order valence-electron chi connectivity index (χ0n) is 14.4. The third-order valence-corrected chi connectivity index (χ3v) is 5.65. The van der Waals surface area contributed by atoms with Gasteiger partial charge in [0, 0.05) is 33.5 Å². The summed E-state index contributed by atoms with van der Waals surface area (Å²) < 4.78 is 0.951. The molecule has 4 rings (SSSR count). The van der Waals surface area contributed by atoms with E-state index >= 15 is 0 Å². The number of fused-ring (bicyclic) bond motifs is 1. The molecule has 1 aliphatic carbocycles. The number of aromatic nitrogens is 3. The molecule has 26 heavy (non-hydrogen) atoms. The van der Waals surface area contributed by atoms with Crippen LogP contribution >= 0.6 is 15.9 Å². The Hall–Kier alpha value is -2.31. The second-order valence-electron chi connectivity index (χ2n) is 6.81. The van der Waals surface area contributed by atoms with Gasteiger partial charge in [0.05, 0.1) is 18.0 Å². The molecule has 2 N–H and O–H groups in total. The molecule has 0 aliphatic heterocycles. The number of nitrogens with one attached hydrogen (secondary N) is 1. The molecule has 0 fully saturated rings. The van der Waals surface area contributed by atoms with E-state index < -0.39 is 0 Å². The highest BCUT2D eigenvalue weighted by atomic mass is 79.9. The first-order valence-electron chi connectivity index (χ1n) is 8.54. The molecule has 0 saturated carbocycles. The first-order chi connectivity index (χ1) is 12.6. The van der Waals surface area contributed by atoms with Crippen LogP contribution in [0.1, 0.15) is 24.6 Å². The monoisotopic (exact) mass is 410 g/mol. The van der Waals surface area contributed by atoms with Crippen LogP contribution in [0.5, 0.6) is 0 Å². The van der Waals surface area contributed by atoms with E-state index in [0.717, 1.165) is 45.5 Å². The van der Waals surface area contributed by atoms with E-state index in [1.807, 2.05) is 36.5 Å². The number of hydrogen-bond acceptors (Lipinski definition) is 5. The first kappa shape index (κ1) is 17.1. The minimum atomic E-state index is -0.221. The molecule has 0 spiro atoms. The zero-order chi connectivity index (χ0) is 18.1. The molecule has 2 aromatic heterocycles. The molecule has 1 aliphatic rings. The summed E-state index contributed by atoms with van der Waals surface area (Å²) in [6.45, 7) is 2.22. The highest BCUT2D eigenvalue weighted by molar-refractivity contribution is 9.10. The molecule has 0 bridgehead atoms. The van der Waals surface area contributed by atoms with E-state index in [9.17, 15) is 5.11 Å². The van der Waals surface area contributed by atoms with Crippen molar-refractivity contribution in [3.05, 3.63) is 64.5 Å². The van der Waals surface area contributed by atoms with Crippen LogP contribution in [0.2, 0.25) is 0 Å². The summed E-state index contributed by atoms with van der Waals surface area (Å²) in [6, 6.07) is 11.8. The van der Waals surface area contributed by atoms with Crippen LogP contribution in [0, 0.1) is 0 Å². The Kier molecular flexibility index (Phi) is 4.46. The van der Waals surface area contributed by atoms with Gasteiger partial charge in [0.25, 0.3) is 0 Å². The van der Waals surface area contributed by atoms with Gasteiger partial charge >= 0.3 is 0 Å². The fraction of sp³-hybridized carbons (Fsp3) is 0.250. The average molecular weight is 411 g/mol. The van der Waals surface area contributed by atoms with Gasteiger partial charge in [-0.05, 0) is 58.6 Å². The van der Waals surface area contributed by atoms with Crippen molar-refractivity contribution >= 4 is 27.6 Å². The highest BCUT2D eigenvalue weighted by Gasteiger charge is 2.34. The largest absolute Gasteiger partial charge is 0.395 e. The van der Waals surface area contributed by atoms with Crippen LogP contribution in [0.3, 0.4) is 0 Å². The molecule has 2 heterocycles. The Balaban J connectivity index is 1.68. The van der Waals surface area contributed by atoms with Gasteiger partial charge in [0.1, 0.15) is 0 Å². The normalized spacial score (nSPS) is 18.6. The summed E-state index contributed by atoms with van der Waals surface area (Å²) in [5.74, 6) is 0.528. The third-order valence-electron chi connectivity index (χ3n) is 4.95. The molecule has 1 atom stereocenters. The van der Waals surface area contributed by atoms with E-state index in [2.05, 4.69) is 49.2 Å². The van der Waals surface area contributed by atoms with E-state index in [4.69, 9.17) is 0 Å². The molecule has 1 unspecified atom stereocenters. The summed E-state index contributed by atoms with van der Waals surface area (Å²) in [7, 11) is 0. The van der Waals surface area contributed by atoms with E-state index in [-0.39, 0.29) is 12.0 Å². The maximum Gasteiger partial charge on any atom is 0.227 e. The second-order valence-corrected chi connectivity index (χ2v) is 7.66. The van der Waals surface area contributed by atoms with Gasteiger partial charge in [-0.1, -0.05) is 19.1 Å². The van der Waals surface area contributed by atoms with Gasteiger partial charge in [0.15, 0.2) is 0 Å². The summed E-state index contributed by atoms with van der Waals surface area (Å²) in [6.07, 6.45) is 5.42. The number of pyridine rings is 1. The fourth-order valence-corrected chi connectivity index (χ4v) is 3.69. The molecule has 6 heteroatoms. The summed E-state index contributed by atoms with van der Waals surface area (Å²) in [4.78, 5) is 13.6. The smallest absolute Gasteiger partial charge is 0.227 e. The Morgan fingerprint density at radius 2 is 2.08 bits per heavy atom. The molecule has 5 nitrogen and oxygen atoms in total. The molecule has 1 aromatic carbocycles. The van der Waals surface area contributed by atoms with Crippen LogP contribution in [0.25, 0.3) is 11.3 Å². The minimum absolute atomic E-state index is 0.129. The number of rotatable bonds is 4. The van der Waals surface area contributed by atoms with Gasteiger partial charge in [0.2, 0.25) is 5.95 Å². The molecule has 132 valence electrons. The molecular weight excluding hydrogens is 392 g/mol. The summed E-state index contributed by atoms with van der Waals surface area (Å²) in [5.41, 5.74) is 4.62. The first-order valence-corrected chi connectivity index (χ1v) is 9.34. The number of aliphatic hydroxyl groups excluding tert-OH is 1. The number of benzene rings is 1.